The van der Waals surface area contributed by atoms with E-state index < -0.39 is 42.1 Å². The van der Waals surface area contributed by atoms with Crippen LogP contribution in [0.3, 0.4) is 0 Å². The minimum Gasteiger partial charge on any atom is -0.480 e. The number of urea groups is 1. The van der Waals surface area contributed by atoms with Crippen LogP contribution in [-0.2, 0) is 32.2 Å². The van der Waals surface area contributed by atoms with Crippen molar-refractivity contribution in [3.05, 3.63) is 65.5 Å². The van der Waals surface area contributed by atoms with Crippen molar-refractivity contribution in [3.8, 4) is 0 Å². The van der Waals surface area contributed by atoms with Gasteiger partial charge in [0.25, 0.3) is 5.91 Å². The largest absolute Gasteiger partial charge is 0.480 e. The first-order chi connectivity index (χ1) is 21.1. The van der Waals surface area contributed by atoms with Crippen molar-refractivity contribution in [1.82, 2.24) is 30.8 Å². The number of esters is 1. The molecule has 1 aromatic heterocycles. The summed E-state index contributed by atoms with van der Waals surface area (Å²) in [5.41, 5.74) is 2.47. The van der Waals surface area contributed by atoms with Crippen LogP contribution in [0.5, 0.6) is 0 Å². The topological polar surface area (TPSA) is 192 Å². The summed E-state index contributed by atoms with van der Waals surface area (Å²) in [4.78, 5) is 70.6. The molecule has 14 heteroatoms. The zero-order valence-electron chi connectivity index (χ0n) is 24.9. The van der Waals surface area contributed by atoms with Crippen LogP contribution < -0.4 is 16.0 Å². The lowest BCUT2D eigenvalue weighted by Crippen LogP contribution is -2.48. The van der Waals surface area contributed by atoms with Gasteiger partial charge in [0.1, 0.15) is 17.9 Å². The molecule has 0 fully saturated rings. The number of amides is 4. The second-order valence-corrected chi connectivity index (χ2v) is 9.91. The molecule has 2 atom stereocenters. The molecule has 14 nitrogen and oxygen atoms in total. The number of unbranched alkanes of at least 4 members (excludes halogenated alkanes) is 1. The Morgan fingerprint density at radius 3 is 2.36 bits per heavy atom. The molecule has 0 bridgehead atoms. The average Bonchev–Trinajstić information content (AvgIpc) is 3.41. The number of carboxylic acids is 1. The fourth-order valence-corrected chi connectivity index (χ4v) is 4.04. The van der Waals surface area contributed by atoms with Gasteiger partial charge in [-0.05, 0) is 50.1 Å². The zero-order valence-corrected chi connectivity index (χ0v) is 24.9. The van der Waals surface area contributed by atoms with Crippen molar-refractivity contribution >= 4 is 41.0 Å². The number of nitrogens with one attached hydrogen (secondary N) is 4. The summed E-state index contributed by atoms with van der Waals surface area (Å²) in [7, 11) is 0. The van der Waals surface area contributed by atoms with Gasteiger partial charge in [0.05, 0.1) is 30.8 Å². The van der Waals surface area contributed by atoms with E-state index in [1.54, 1.807) is 19.1 Å². The molecule has 0 saturated carbocycles. The number of fused-ring (bicyclic) bond motifs is 1. The summed E-state index contributed by atoms with van der Waals surface area (Å²) in [6.45, 7) is 5.33. The lowest BCUT2D eigenvalue weighted by atomic mass is 10.1. The highest BCUT2D eigenvalue weighted by molar-refractivity contribution is 5.94. The van der Waals surface area contributed by atoms with Gasteiger partial charge >= 0.3 is 24.1 Å². The predicted octanol–water partition coefficient (Wildman–Crippen LogP) is 2.94. The second kappa shape index (κ2) is 16.5. The standard InChI is InChI=1S/C30H38N6O8/c1-4-6-15-44-30(42)35-24(27(38)39)16-31-26(37)21-13-11-20(12-14-21)17-36(29(41)32-19(3)28(40)43-5-2)18-25-33-22-9-7-8-10-23(22)34-25/h7-14,19,24H,4-6,15-18H2,1-3H3,(H,31,37)(H,32,41)(H,33,34)(H,35,42)(H,38,39)/t19-,24-/m0/s1. The van der Waals surface area contributed by atoms with Crippen LogP contribution in [0.25, 0.3) is 11.0 Å². The summed E-state index contributed by atoms with van der Waals surface area (Å²) in [6, 6.07) is 11.0. The van der Waals surface area contributed by atoms with E-state index in [2.05, 4.69) is 25.9 Å². The summed E-state index contributed by atoms with van der Waals surface area (Å²) < 4.78 is 9.92. The maximum atomic E-state index is 13.2. The van der Waals surface area contributed by atoms with Gasteiger partial charge in [-0.25, -0.2) is 24.2 Å². The van der Waals surface area contributed by atoms with Crippen molar-refractivity contribution in [2.75, 3.05) is 19.8 Å². The lowest BCUT2D eigenvalue weighted by molar-refractivity contribution is -0.145. The first kappa shape index (κ1) is 33.4. The van der Waals surface area contributed by atoms with E-state index in [-0.39, 0.29) is 38.4 Å². The van der Waals surface area contributed by atoms with Crippen molar-refractivity contribution in [2.24, 2.45) is 0 Å². The van der Waals surface area contributed by atoms with Crippen LogP contribution in [0.2, 0.25) is 0 Å². The molecule has 2 aromatic carbocycles. The van der Waals surface area contributed by atoms with E-state index in [0.717, 1.165) is 17.5 Å². The average molecular weight is 611 g/mol. The number of aromatic nitrogens is 2. The number of rotatable bonds is 15. The fraction of sp³-hybridized carbons (Fsp3) is 0.400. The van der Waals surface area contributed by atoms with Crippen molar-refractivity contribution in [1.29, 1.82) is 0 Å². The monoisotopic (exact) mass is 610 g/mol. The lowest BCUT2D eigenvalue weighted by Gasteiger charge is -2.24. The highest BCUT2D eigenvalue weighted by Crippen LogP contribution is 2.15. The molecule has 0 spiro atoms. The smallest absolute Gasteiger partial charge is 0.407 e. The Morgan fingerprint density at radius 2 is 1.70 bits per heavy atom. The van der Waals surface area contributed by atoms with Gasteiger partial charge in [0, 0.05) is 18.7 Å². The van der Waals surface area contributed by atoms with E-state index >= 15 is 0 Å². The Balaban J connectivity index is 1.66. The van der Waals surface area contributed by atoms with E-state index in [1.807, 2.05) is 31.2 Å². The van der Waals surface area contributed by atoms with Gasteiger partial charge in [-0.15, -0.1) is 0 Å². The number of nitrogens with zero attached hydrogens (tertiary/aromatic N) is 2. The molecule has 0 aliphatic heterocycles. The minimum atomic E-state index is -1.38. The SMILES string of the molecule is CCCCOC(=O)N[C@@H](CNC(=O)c1ccc(CN(Cc2nc3ccccc3[nH]2)C(=O)N[C@@H](C)C(=O)OCC)cc1)C(=O)O. The number of ether oxygens (including phenoxy) is 2. The number of para-hydroxylation sites is 2. The first-order valence-electron chi connectivity index (χ1n) is 14.3. The molecule has 3 rings (SSSR count). The maximum Gasteiger partial charge on any atom is 0.407 e. The first-order valence-corrected chi connectivity index (χ1v) is 14.3. The maximum absolute atomic E-state index is 13.2. The fourth-order valence-electron chi connectivity index (χ4n) is 4.04. The molecule has 0 aliphatic rings. The number of hydrogen-bond acceptors (Lipinski definition) is 8. The molecule has 0 aliphatic carbocycles. The van der Waals surface area contributed by atoms with Gasteiger partial charge in [-0.1, -0.05) is 37.6 Å². The van der Waals surface area contributed by atoms with E-state index in [4.69, 9.17) is 9.47 Å². The third-order valence-corrected chi connectivity index (χ3v) is 6.42. The second-order valence-electron chi connectivity index (χ2n) is 9.91. The highest BCUT2D eigenvalue weighted by Gasteiger charge is 2.24. The molecule has 236 valence electrons. The van der Waals surface area contributed by atoms with E-state index in [9.17, 15) is 29.1 Å². The Labute approximate surface area is 254 Å². The number of alkyl carbamates (subject to hydrolysis) is 1. The zero-order chi connectivity index (χ0) is 32.1. The minimum absolute atomic E-state index is 0.1000. The van der Waals surface area contributed by atoms with Crippen LogP contribution in [0, 0.1) is 0 Å². The summed E-state index contributed by atoms with van der Waals surface area (Å²) in [5.74, 6) is -1.90. The Morgan fingerprint density at radius 1 is 0.977 bits per heavy atom. The van der Waals surface area contributed by atoms with Gasteiger partial charge in [-0.2, -0.15) is 0 Å². The number of benzene rings is 2. The van der Waals surface area contributed by atoms with E-state index in [0.29, 0.717) is 17.8 Å². The molecule has 3 aromatic rings. The number of carbonyl (C=O) groups is 5. The van der Waals surface area contributed by atoms with Crippen LogP contribution in [0.4, 0.5) is 9.59 Å². The van der Waals surface area contributed by atoms with Crippen LogP contribution in [0.1, 0.15) is 55.4 Å². The summed E-state index contributed by atoms with van der Waals surface area (Å²) >= 11 is 0. The normalized spacial score (nSPS) is 12.1. The van der Waals surface area contributed by atoms with Gasteiger partial charge in [0.2, 0.25) is 0 Å². The van der Waals surface area contributed by atoms with Crippen molar-refractivity contribution < 1.29 is 38.6 Å². The predicted molar refractivity (Wildman–Crippen MR) is 160 cm³/mol. The Bertz CT molecular complexity index is 1410. The van der Waals surface area contributed by atoms with Crippen LogP contribution >= 0.6 is 0 Å². The molecule has 44 heavy (non-hydrogen) atoms. The third kappa shape index (κ3) is 10.00. The van der Waals surface area contributed by atoms with Gasteiger partial charge in [-0.3, -0.25) is 4.79 Å². The van der Waals surface area contributed by atoms with Gasteiger partial charge < -0.3 is 40.4 Å². The number of H-pyrrole nitrogens is 1. The molecule has 1 heterocycles. The molecule has 0 radical (unpaired) electrons. The Kier molecular flexibility index (Phi) is 12.5. The number of aromatic amines is 1. The number of imidazole rings is 1. The summed E-state index contributed by atoms with van der Waals surface area (Å²) in [6.07, 6.45) is 0.580. The molecule has 5 N–H and O–H groups in total. The van der Waals surface area contributed by atoms with Crippen molar-refractivity contribution in [2.45, 2.75) is 58.8 Å². The molecular weight excluding hydrogens is 572 g/mol. The summed E-state index contributed by atoms with van der Waals surface area (Å²) in [5, 5.41) is 16.8. The number of aliphatic carboxylic acids is 1. The Hall–Kier alpha value is -5.14. The number of hydrogen-bond donors (Lipinski definition) is 5. The molecule has 0 unspecified atom stereocenters. The molecular formula is C30H38N6O8. The highest BCUT2D eigenvalue weighted by atomic mass is 16.5. The van der Waals surface area contributed by atoms with Gasteiger partial charge in [0.15, 0.2) is 0 Å². The number of carbonyl (C=O) groups excluding carboxylic acids is 4. The van der Waals surface area contributed by atoms with Crippen LogP contribution in [-0.4, -0.2) is 81.8 Å². The molecule has 0 saturated heterocycles. The number of carboxylic acid groups (broad SMARTS) is 1. The van der Waals surface area contributed by atoms with Crippen LogP contribution in [0.15, 0.2) is 48.5 Å². The third-order valence-electron chi connectivity index (χ3n) is 6.42. The van der Waals surface area contributed by atoms with Crippen molar-refractivity contribution in [3.63, 3.8) is 0 Å². The van der Waals surface area contributed by atoms with E-state index in [1.165, 1.54) is 24.0 Å². The quantitative estimate of drug-likeness (QED) is 0.127. The molecule has 4 amide bonds.